The van der Waals surface area contributed by atoms with Gasteiger partial charge in [-0.15, -0.1) is 0 Å². The summed E-state index contributed by atoms with van der Waals surface area (Å²) in [5.41, 5.74) is 0.824. The van der Waals surface area contributed by atoms with Crippen LogP contribution < -0.4 is 0 Å². The van der Waals surface area contributed by atoms with Gasteiger partial charge in [0.1, 0.15) is 0 Å². The summed E-state index contributed by atoms with van der Waals surface area (Å²) in [6, 6.07) is 12.2. The van der Waals surface area contributed by atoms with E-state index in [0.29, 0.717) is 16.1 Å². The second kappa shape index (κ2) is 7.92. The Morgan fingerprint density at radius 3 is 2.36 bits per heavy atom. The second-order valence-electron chi connectivity index (χ2n) is 5.31. The average molecular weight is 362 g/mol. The zero-order valence-corrected chi connectivity index (χ0v) is 14.1. The summed E-state index contributed by atoms with van der Waals surface area (Å²) < 4.78 is 4.71. The molecular formula is C18H16ClNO5. The molecular weight excluding hydrogens is 346 g/mol. The Hall–Kier alpha value is -2.70. The van der Waals surface area contributed by atoms with Crippen molar-refractivity contribution in [3.8, 4) is 0 Å². The number of aliphatic hydroxyl groups is 1. The van der Waals surface area contributed by atoms with Crippen LogP contribution in [-0.4, -0.2) is 23.1 Å². The number of hydrogen-bond donors (Lipinski definition) is 1. The van der Waals surface area contributed by atoms with Crippen LogP contribution >= 0.6 is 11.6 Å². The molecule has 2 aromatic rings. The first-order valence-electron chi connectivity index (χ1n) is 7.30. The summed E-state index contributed by atoms with van der Waals surface area (Å²) in [4.78, 5) is 22.2. The lowest BCUT2D eigenvalue weighted by atomic mass is 9.83. The van der Waals surface area contributed by atoms with Gasteiger partial charge >= 0.3 is 5.97 Å². The molecule has 0 amide bonds. The number of nitro benzene ring substituents is 1. The highest BCUT2D eigenvalue weighted by Gasteiger charge is 2.31. The molecule has 7 heteroatoms. The summed E-state index contributed by atoms with van der Waals surface area (Å²) in [6.45, 7) is 3.73. The van der Waals surface area contributed by atoms with Gasteiger partial charge in [-0.05, 0) is 29.3 Å². The summed E-state index contributed by atoms with van der Waals surface area (Å²) >= 11 is 6.22. The fourth-order valence-electron chi connectivity index (χ4n) is 2.52. The van der Waals surface area contributed by atoms with Gasteiger partial charge in [0.25, 0.3) is 5.69 Å². The van der Waals surface area contributed by atoms with E-state index < -0.39 is 22.9 Å². The van der Waals surface area contributed by atoms with E-state index in [9.17, 15) is 20.0 Å². The normalized spacial score (nSPS) is 12.9. The molecule has 0 fully saturated rings. The van der Waals surface area contributed by atoms with Crippen molar-refractivity contribution in [3.05, 3.63) is 86.9 Å². The van der Waals surface area contributed by atoms with Crippen molar-refractivity contribution < 1.29 is 19.6 Å². The van der Waals surface area contributed by atoms with E-state index in [1.807, 2.05) is 0 Å². The van der Waals surface area contributed by atoms with Crippen LogP contribution in [0.3, 0.4) is 0 Å². The van der Waals surface area contributed by atoms with Crippen LogP contribution in [0, 0.1) is 10.1 Å². The third-order valence-electron chi connectivity index (χ3n) is 3.82. The highest BCUT2D eigenvalue weighted by atomic mass is 35.5. The van der Waals surface area contributed by atoms with Crippen molar-refractivity contribution in [1.82, 2.24) is 0 Å². The van der Waals surface area contributed by atoms with Crippen LogP contribution in [0.2, 0.25) is 5.02 Å². The minimum atomic E-state index is -1.19. The second-order valence-corrected chi connectivity index (χ2v) is 5.72. The van der Waals surface area contributed by atoms with Crippen molar-refractivity contribution in [2.24, 2.45) is 0 Å². The molecule has 2 rings (SSSR count). The molecule has 0 radical (unpaired) electrons. The standard InChI is InChI=1S/C18H16ClNO5/c1-11(18(22)25-2)16(14-5-3-4-6-15(14)19)17(21)12-7-9-13(10-8-12)20(23)24/h3-10,16-17,21H,1H2,2H3/t16-,17-/m1/s1. The Kier molecular flexibility index (Phi) is 5.90. The predicted octanol–water partition coefficient (Wildman–Crippen LogP) is 3.79. The fourth-order valence-corrected chi connectivity index (χ4v) is 2.77. The lowest BCUT2D eigenvalue weighted by Crippen LogP contribution is -2.19. The van der Waals surface area contributed by atoms with E-state index in [1.54, 1.807) is 24.3 Å². The van der Waals surface area contributed by atoms with E-state index in [1.165, 1.54) is 31.4 Å². The predicted molar refractivity (Wildman–Crippen MR) is 93.4 cm³/mol. The maximum Gasteiger partial charge on any atom is 0.333 e. The quantitative estimate of drug-likeness (QED) is 0.366. The van der Waals surface area contributed by atoms with Crippen LogP contribution in [0.4, 0.5) is 5.69 Å². The molecule has 0 aliphatic rings. The zero-order valence-electron chi connectivity index (χ0n) is 13.4. The molecule has 1 N–H and O–H groups in total. The molecule has 0 saturated heterocycles. The van der Waals surface area contributed by atoms with E-state index in [2.05, 4.69) is 6.58 Å². The number of hydrogen-bond acceptors (Lipinski definition) is 5. The third-order valence-corrected chi connectivity index (χ3v) is 4.17. The monoisotopic (exact) mass is 361 g/mol. The van der Waals surface area contributed by atoms with Crippen molar-refractivity contribution in [2.45, 2.75) is 12.0 Å². The highest BCUT2D eigenvalue weighted by Crippen LogP contribution is 2.40. The van der Waals surface area contributed by atoms with Crippen molar-refractivity contribution >= 4 is 23.3 Å². The van der Waals surface area contributed by atoms with Gasteiger partial charge in [0, 0.05) is 28.6 Å². The van der Waals surface area contributed by atoms with Gasteiger partial charge in [0.2, 0.25) is 0 Å². The molecule has 6 nitrogen and oxygen atoms in total. The number of methoxy groups -OCH3 is 1. The fraction of sp³-hybridized carbons (Fsp3) is 0.167. The van der Waals surface area contributed by atoms with Gasteiger partial charge in [-0.3, -0.25) is 10.1 Å². The molecule has 0 heterocycles. The minimum Gasteiger partial charge on any atom is -0.466 e. The minimum absolute atomic E-state index is 0.0291. The summed E-state index contributed by atoms with van der Waals surface area (Å²) in [5, 5.41) is 21.9. The van der Waals surface area contributed by atoms with E-state index in [-0.39, 0.29) is 11.3 Å². The topological polar surface area (TPSA) is 89.7 Å². The number of esters is 1. The van der Waals surface area contributed by atoms with Gasteiger partial charge < -0.3 is 9.84 Å². The first kappa shape index (κ1) is 18.6. The Balaban J connectivity index is 2.47. The number of ether oxygens (including phenoxy) is 1. The Bertz CT molecular complexity index is 803. The third kappa shape index (κ3) is 4.04. The van der Waals surface area contributed by atoms with Gasteiger partial charge in [-0.1, -0.05) is 36.4 Å². The molecule has 0 bridgehead atoms. The number of non-ortho nitro benzene ring substituents is 1. The highest BCUT2D eigenvalue weighted by molar-refractivity contribution is 6.31. The maximum atomic E-state index is 12.0. The van der Waals surface area contributed by atoms with Crippen LogP contribution in [-0.2, 0) is 9.53 Å². The summed E-state index contributed by atoms with van der Waals surface area (Å²) in [7, 11) is 1.22. The number of benzene rings is 2. The number of halogens is 1. The molecule has 130 valence electrons. The van der Waals surface area contributed by atoms with Crippen LogP contribution in [0.25, 0.3) is 0 Å². The van der Waals surface area contributed by atoms with Crippen molar-refractivity contribution in [1.29, 1.82) is 0 Å². The number of carbonyl (C=O) groups excluding carboxylic acids is 1. The largest absolute Gasteiger partial charge is 0.466 e. The van der Waals surface area contributed by atoms with Gasteiger partial charge in [-0.25, -0.2) is 4.79 Å². The molecule has 0 aliphatic heterocycles. The maximum absolute atomic E-state index is 12.0. The summed E-state index contributed by atoms with van der Waals surface area (Å²) in [6.07, 6.45) is -1.19. The smallest absolute Gasteiger partial charge is 0.333 e. The lowest BCUT2D eigenvalue weighted by molar-refractivity contribution is -0.384. The average Bonchev–Trinajstić information content (AvgIpc) is 2.62. The first-order chi connectivity index (χ1) is 11.9. The molecule has 0 aliphatic carbocycles. The first-order valence-corrected chi connectivity index (χ1v) is 7.68. The Morgan fingerprint density at radius 1 is 1.24 bits per heavy atom. The molecule has 2 aromatic carbocycles. The Morgan fingerprint density at radius 2 is 1.84 bits per heavy atom. The van der Waals surface area contributed by atoms with E-state index in [4.69, 9.17) is 16.3 Å². The van der Waals surface area contributed by atoms with Crippen molar-refractivity contribution in [2.75, 3.05) is 7.11 Å². The molecule has 2 atom stereocenters. The van der Waals surface area contributed by atoms with Gasteiger partial charge in [0.15, 0.2) is 0 Å². The van der Waals surface area contributed by atoms with Gasteiger partial charge in [0.05, 0.1) is 18.1 Å². The number of rotatable bonds is 6. The summed E-state index contributed by atoms with van der Waals surface area (Å²) in [5.74, 6) is -1.53. The van der Waals surface area contributed by atoms with Crippen molar-refractivity contribution in [3.63, 3.8) is 0 Å². The lowest BCUT2D eigenvalue weighted by Gasteiger charge is -2.25. The van der Waals surface area contributed by atoms with Crippen LogP contribution in [0.5, 0.6) is 0 Å². The van der Waals surface area contributed by atoms with E-state index >= 15 is 0 Å². The Labute approximate surface area is 149 Å². The SMILES string of the molecule is C=C(C(=O)OC)[C@H](c1ccccc1Cl)[C@H](O)c1ccc([N+](=O)[O-])cc1. The number of aliphatic hydroxyl groups excluding tert-OH is 1. The molecule has 0 unspecified atom stereocenters. The molecule has 0 spiro atoms. The number of nitro groups is 1. The van der Waals surface area contributed by atoms with Crippen LogP contribution in [0.1, 0.15) is 23.1 Å². The number of nitrogens with zero attached hydrogens (tertiary/aromatic N) is 1. The zero-order chi connectivity index (χ0) is 18.6. The van der Waals surface area contributed by atoms with Gasteiger partial charge in [-0.2, -0.15) is 0 Å². The van der Waals surface area contributed by atoms with E-state index in [0.717, 1.165) is 0 Å². The molecule has 0 saturated carbocycles. The molecule has 0 aromatic heterocycles. The van der Waals surface area contributed by atoms with Crippen LogP contribution in [0.15, 0.2) is 60.7 Å². The molecule has 25 heavy (non-hydrogen) atoms. The number of carbonyl (C=O) groups is 1.